The molecule has 0 spiro atoms. The Labute approximate surface area is 214 Å². The minimum atomic E-state index is -0.635. The summed E-state index contributed by atoms with van der Waals surface area (Å²) in [7, 11) is 3.85. The lowest BCUT2D eigenvalue weighted by Gasteiger charge is -2.35. The Balaban J connectivity index is 1.38. The van der Waals surface area contributed by atoms with E-state index in [9.17, 15) is 9.18 Å². The van der Waals surface area contributed by atoms with Crippen molar-refractivity contribution in [1.82, 2.24) is 34.4 Å². The van der Waals surface area contributed by atoms with E-state index in [1.54, 1.807) is 35.5 Å². The molecule has 0 aliphatic carbocycles. The number of carbonyl (C=O) groups is 1. The quantitative estimate of drug-likeness (QED) is 0.392. The van der Waals surface area contributed by atoms with Crippen molar-refractivity contribution >= 4 is 34.4 Å². The molecule has 1 fully saturated rings. The summed E-state index contributed by atoms with van der Waals surface area (Å²) in [5.74, 6) is 1.00. The molecule has 5 rings (SSSR count). The van der Waals surface area contributed by atoms with E-state index in [4.69, 9.17) is 0 Å². The van der Waals surface area contributed by atoms with Crippen molar-refractivity contribution in [2.24, 2.45) is 0 Å². The lowest BCUT2D eigenvalue weighted by atomic mass is 10.0. The van der Waals surface area contributed by atoms with Gasteiger partial charge in [0.1, 0.15) is 17.2 Å². The van der Waals surface area contributed by atoms with Gasteiger partial charge in [0.05, 0.1) is 34.8 Å². The molecule has 37 heavy (non-hydrogen) atoms. The molecule has 0 bridgehead atoms. The Bertz CT molecular complexity index is 1450. The molecule has 11 heteroatoms. The van der Waals surface area contributed by atoms with Gasteiger partial charge in [-0.1, -0.05) is 0 Å². The number of nitrogens with one attached hydrogen (secondary N) is 1. The highest BCUT2D eigenvalue weighted by molar-refractivity contribution is 5.97. The van der Waals surface area contributed by atoms with Crippen molar-refractivity contribution in [3.05, 3.63) is 48.4 Å². The standard InChI is InChI=1S/C26H30FN9O/c1-15(2)36-16(3)30-23-21(36)13-19(31-24(23)27)18-10-11-28-26(32-18)33-22-9-8-17(14-29-22)35-12-6-7-20(25(35)37)34(4)5/h8-11,13-15,20H,6-7,12H2,1-5H3,(H,28,29,32,33)/t20-/m0/s1. The molecule has 1 amide bonds. The number of fused-ring (bicyclic) bond motifs is 1. The van der Waals surface area contributed by atoms with E-state index < -0.39 is 5.95 Å². The van der Waals surface area contributed by atoms with Crippen molar-refractivity contribution in [2.45, 2.75) is 45.7 Å². The van der Waals surface area contributed by atoms with Crippen LogP contribution < -0.4 is 10.2 Å². The molecule has 0 radical (unpaired) electrons. The smallest absolute Gasteiger partial charge is 0.244 e. The number of nitrogens with zero attached hydrogens (tertiary/aromatic N) is 8. The second kappa shape index (κ2) is 9.81. The number of hydrogen-bond acceptors (Lipinski definition) is 8. The fourth-order valence-electron chi connectivity index (χ4n) is 4.84. The number of imidazole rings is 1. The highest BCUT2D eigenvalue weighted by atomic mass is 19.1. The molecule has 1 atom stereocenters. The van der Waals surface area contributed by atoms with Gasteiger partial charge in [0.15, 0.2) is 0 Å². The zero-order valence-corrected chi connectivity index (χ0v) is 21.6. The summed E-state index contributed by atoms with van der Waals surface area (Å²) in [6, 6.07) is 7.12. The molecule has 0 saturated carbocycles. The van der Waals surface area contributed by atoms with Crippen LogP contribution in [0.4, 0.5) is 21.8 Å². The fraction of sp³-hybridized carbons (Fsp3) is 0.385. The molecule has 10 nitrogen and oxygen atoms in total. The Morgan fingerprint density at radius 3 is 2.62 bits per heavy atom. The highest BCUT2D eigenvalue weighted by Crippen LogP contribution is 2.27. The maximum Gasteiger partial charge on any atom is 0.244 e. The van der Waals surface area contributed by atoms with Crippen LogP contribution in [0.1, 0.15) is 38.6 Å². The average molecular weight is 504 g/mol. The van der Waals surface area contributed by atoms with E-state index in [0.717, 1.165) is 24.4 Å². The van der Waals surface area contributed by atoms with Gasteiger partial charge in [-0.2, -0.15) is 4.39 Å². The summed E-state index contributed by atoms with van der Waals surface area (Å²) >= 11 is 0. The third kappa shape index (κ3) is 4.74. The van der Waals surface area contributed by atoms with E-state index in [1.165, 1.54) is 0 Å². The van der Waals surface area contributed by atoms with Crippen LogP contribution >= 0.6 is 0 Å². The molecule has 1 N–H and O–H groups in total. The number of carbonyl (C=O) groups excluding carboxylic acids is 1. The highest BCUT2D eigenvalue weighted by Gasteiger charge is 2.31. The summed E-state index contributed by atoms with van der Waals surface area (Å²) in [5.41, 5.74) is 2.53. The van der Waals surface area contributed by atoms with E-state index >= 15 is 0 Å². The van der Waals surface area contributed by atoms with Crippen molar-refractivity contribution in [3.8, 4) is 11.4 Å². The number of pyridine rings is 2. The maximum absolute atomic E-state index is 14.8. The van der Waals surface area contributed by atoms with Crippen LogP contribution in [0.15, 0.2) is 36.7 Å². The van der Waals surface area contributed by atoms with Crippen LogP contribution in [-0.4, -0.2) is 67.0 Å². The summed E-state index contributed by atoms with van der Waals surface area (Å²) in [4.78, 5) is 38.3. The van der Waals surface area contributed by atoms with Gasteiger partial charge in [-0.05, 0) is 72.0 Å². The molecule has 1 aliphatic rings. The van der Waals surface area contributed by atoms with Gasteiger partial charge in [0.2, 0.25) is 17.8 Å². The van der Waals surface area contributed by atoms with Crippen molar-refractivity contribution in [1.29, 1.82) is 0 Å². The lowest BCUT2D eigenvalue weighted by Crippen LogP contribution is -2.50. The number of aryl methyl sites for hydroxylation is 1. The van der Waals surface area contributed by atoms with E-state index in [2.05, 4.69) is 30.2 Å². The van der Waals surface area contributed by atoms with Gasteiger partial charge < -0.3 is 14.8 Å². The third-order valence-corrected chi connectivity index (χ3v) is 6.58. The minimum absolute atomic E-state index is 0.0838. The number of aromatic nitrogens is 6. The molecule has 1 saturated heterocycles. The molecule has 4 aromatic heterocycles. The van der Waals surface area contributed by atoms with Crippen molar-refractivity contribution in [3.63, 3.8) is 0 Å². The third-order valence-electron chi connectivity index (χ3n) is 6.58. The topological polar surface area (TPSA) is 105 Å². The SMILES string of the molecule is Cc1nc2c(F)nc(-c3ccnc(Nc4ccc(N5CCC[C@H](N(C)C)C5=O)cn4)n3)cc2n1C(C)C. The monoisotopic (exact) mass is 503 g/mol. The molecule has 4 aromatic rings. The maximum atomic E-state index is 14.8. The Morgan fingerprint density at radius 1 is 1.11 bits per heavy atom. The van der Waals surface area contributed by atoms with E-state index in [0.29, 0.717) is 35.2 Å². The number of amides is 1. The number of piperidine rings is 1. The Hall–Kier alpha value is -3.99. The summed E-state index contributed by atoms with van der Waals surface area (Å²) < 4.78 is 16.8. The molecule has 1 aliphatic heterocycles. The number of likely N-dealkylation sites (N-methyl/N-ethyl adjacent to an activating group) is 1. The summed E-state index contributed by atoms with van der Waals surface area (Å²) in [6.45, 7) is 6.58. The summed E-state index contributed by atoms with van der Waals surface area (Å²) in [5, 5.41) is 3.08. The predicted octanol–water partition coefficient (Wildman–Crippen LogP) is 4.11. The first-order valence-corrected chi connectivity index (χ1v) is 12.3. The van der Waals surface area contributed by atoms with Crippen LogP contribution in [0.25, 0.3) is 22.4 Å². The molecular formula is C26H30FN9O. The second-order valence-corrected chi connectivity index (χ2v) is 9.69. The predicted molar refractivity (Wildman–Crippen MR) is 140 cm³/mol. The lowest BCUT2D eigenvalue weighted by molar-refractivity contribution is -0.124. The Morgan fingerprint density at radius 2 is 1.92 bits per heavy atom. The number of rotatable bonds is 6. The average Bonchev–Trinajstić information content (AvgIpc) is 3.21. The van der Waals surface area contributed by atoms with E-state index in [-0.39, 0.29) is 23.5 Å². The zero-order valence-electron chi connectivity index (χ0n) is 21.6. The molecule has 5 heterocycles. The first-order chi connectivity index (χ1) is 17.7. The number of hydrogen-bond donors (Lipinski definition) is 1. The van der Waals surface area contributed by atoms with Crippen LogP contribution in [-0.2, 0) is 4.79 Å². The van der Waals surface area contributed by atoms with Crippen molar-refractivity contribution in [2.75, 3.05) is 30.9 Å². The summed E-state index contributed by atoms with van der Waals surface area (Å²) in [6.07, 6.45) is 5.05. The van der Waals surface area contributed by atoms with E-state index in [1.807, 2.05) is 50.4 Å². The fourth-order valence-corrected chi connectivity index (χ4v) is 4.84. The van der Waals surface area contributed by atoms with Gasteiger partial charge in [0, 0.05) is 18.8 Å². The van der Waals surface area contributed by atoms with Crippen molar-refractivity contribution < 1.29 is 9.18 Å². The largest absolute Gasteiger partial charge is 0.325 e. The van der Waals surface area contributed by atoms with Gasteiger partial charge in [0.25, 0.3) is 0 Å². The van der Waals surface area contributed by atoms with Gasteiger partial charge in [-0.15, -0.1) is 0 Å². The molecule has 0 aromatic carbocycles. The van der Waals surface area contributed by atoms with Crippen LogP contribution in [0.2, 0.25) is 0 Å². The van der Waals surface area contributed by atoms with Crippen LogP contribution in [0.5, 0.6) is 0 Å². The first-order valence-electron chi connectivity index (χ1n) is 12.3. The molecule has 192 valence electrons. The first kappa shape index (κ1) is 24.7. The normalized spacial score (nSPS) is 16.3. The van der Waals surface area contributed by atoms with Gasteiger partial charge in [-0.25, -0.2) is 24.9 Å². The van der Waals surface area contributed by atoms with Gasteiger partial charge in [-0.3, -0.25) is 9.69 Å². The molecule has 0 unspecified atom stereocenters. The van der Waals surface area contributed by atoms with Crippen LogP contribution in [0.3, 0.4) is 0 Å². The molecular weight excluding hydrogens is 473 g/mol. The Kier molecular flexibility index (Phi) is 6.55. The van der Waals surface area contributed by atoms with Gasteiger partial charge >= 0.3 is 0 Å². The zero-order chi connectivity index (χ0) is 26.3. The number of anilines is 3. The number of halogens is 1. The minimum Gasteiger partial charge on any atom is -0.325 e. The van der Waals surface area contributed by atoms with Crippen LogP contribution in [0, 0.1) is 12.9 Å². The second-order valence-electron chi connectivity index (χ2n) is 9.69.